The van der Waals surface area contributed by atoms with Gasteiger partial charge in [-0.1, -0.05) is 24.3 Å². The Bertz CT molecular complexity index is 623. The van der Waals surface area contributed by atoms with Crippen LogP contribution in [0.2, 0.25) is 0 Å². The maximum atomic E-state index is 12.3. The van der Waals surface area contributed by atoms with E-state index in [-0.39, 0.29) is 11.9 Å². The molecule has 0 heterocycles. The van der Waals surface area contributed by atoms with Crippen molar-refractivity contribution in [1.29, 1.82) is 0 Å². The van der Waals surface area contributed by atoms with Gasteiger partial charge in [-0.25, -0.2) is 0 Å². The van der Waals surface area contributed by atoms with Crippen LogP contribution in [0.3, 0.4) is 0 Å². The number of anilines is 1. The summed E-state index contributed by atoms with van der Waals surface area (Å²) in [6, 6.07) is 13.1. The van der Waals surface area contributed by atoms with Crippen molar-refractivity contribution in [1.82, 2.24) is 5.32 Å². The minimum absolute atomic E-state index is 0.0736. The van der Waals surface area contributed by atoms with Crippen LogP contribution in [-0.4, -0.2) is 5.91 Å². The van der Waals surface area contributed by atoms with Crippen molar-refractivity contribution in [2.75, 3.05) is 5.73 Å². The Kier molecular flexibility index (Phi) is 4.45. The largest absolute Gasteiger partial charge is 0.399 e. The summed E-state index contributed by atoms with van der Waals surface area (Å²) in [7, 11) is 0. The smallest absolute Gasteiger partial charge is 0.252 e. The predicted molar refractivity (Wildman–Crippen MR) is 85.6 cm³/mol. The molecular formula is C16H17BrN2O. The van der Waals surface area contributed by atoms with Crippen LogP contribution in [0.25, 0.3) is 0 Å². The Morgan fingerprint density at radius 3 is 2.50 bits per heavy atom. The Balaban J connectivity index is 2.15. The highest BCUT2D eigenvalue weighted by molar-refractivity contribution is 9.10. The highest BCUT2D eigenvalue weighted by Crippen LogP contribution is 2.22. The lowest BCUT2D eigenvalue weighted by Gasteiger charge is -2.15. The van der Waals surface area contributed by atoms with Crippen molar-refractivity contribution in [2.24, 2.45) is 0 Å². The Hall–Kier alpha value is -1.81. The molecule has 0 bridgehead atoms. The molecular weight excluding hydrogens is 316 g/mol. The zero-order valence-corrected chi connectivity index (χ0v) is 13.1. The topological polar surface area (TPSA) is 55.1 Å². The van der Waals surface area contributed by atoms with E-state index in [0.29, 0.717) is 11.3 Å². The molecule has 0 spiro atoms. The molecule has 0 aromatic heterocycles. The molecule has 0 radical (unpaired) electrons. The number of nitrogens with one attached hydrogen (secondary N) is 1. The van der Waals surface area contributed by atoms with Crippen LogP contribution in [0.5, 0.6) is 0 Å². The first kappa shape index (κ1) is 14.6. The second-order valence-corrected chi connectivity index (χ2v) is 5.59. The summed E-state index contributed by atoms with van der Waals surface area (Å²) in [4.78, 5) is 12.3. The lowest BCUT2D eigenvalue weighted by atomic mass is 10.1. The van der Waals surface area contributed by atoms with E-state index in [9.17, 15) is 4.79 Å². The summed E-state index contributed by atoms with van der Waals surface area (Å²) in [5, 5.41) is 2.99. The molecule has 0 saturated carbocycles. The van der Waals surface area contributed by atoms with Gasteiger partial charge >= 0.3 is 0 Å². The maximum absolute atomic E-state index is 12.3. The molecule has 20 heavy (non-hydrogen) atoms. The number of rotatable bonds is 3. The SMILES string of the molecule is Cc1cccc(C(=O)NC(C)c2ccc(N)cc2)c1Br. The second kappa shape index (κ2) is 6.09. The number of hydrogen-bond acceptors (Lipinski definition) is 2. The fourth-order valence-corrected chi connectivity index (χ4v) is 2.41. The third-order valence-electron chi connectivity index (χ3n) is 3.22. The van der Waals surface area contributed by atoms with Crippen molar-refractivity contribution in [2.45, 2.75) is 19.9 Å². The molecule has 1 amide bonds. The summed E-state index contributed by atoms with van der Waals surface area (Å²) >= 11 is 3.46. The average Bonchev–Trinajstić information content (AvgIpc) is 2.42. The van der Waals surface area contributed by atoms with Gasteiger partial charge in [-0.15, -0.1) is 0 Å². The lowest BCUT2D eigenvalue weighted by molar-refractivity contribution is 0.0939. The number of halogens is 1. The summed E-state index contributed by atoms with van der Waals surface area (Å²) in [6.07, 6.45) is 0. The van der Waals surface area contributed by atoms with Gasteiger partial charge in [0, 0.05) is 10.2 Å². The molecule has 3 nitrogen and oxygen atoms in total. The van der Waals surface area contributed by atoms with Crippen LogP contribution in [0, 0.1) is 6.92 Å². The van der Waals surface area contributed by atoms with Gasteiger partial charge in [0.05, 0.1) is 11.6 Å². The zero-order chi connectivity index (χ0) is 14.7. The van der Waals surface area contributed by atoms with E-state index in [1.165, 1.54) is 0 Å². The second-order valence-electron chi connectivity index (χ2n) is 4.80. The molecule has 2 aromatic carbocycles. The van der Waals surface area contributed by atoms with E-state index in [1.54, 1.807) is 0 Å². The Morgan fingerprint density at radius 2 is 1.85 bits per heavy atom. The van der Waals surface area contributed by atoms with E-state index in [4.69, 9.17) is 5.73 Å². The summed E-state index contributed by atoms with van der Waals surface area (Å²) in [5.41, 5.74) is 9.09. The van der Waals surface area contributed by atoms with Crippen molar-refractivity contribution >= 4 is 27.5 Å². The van der Waals surface area contributed by atoms with Gasteiger partial charge < -0.3 is 11.1 Å². The molecule has 2 rings (SSSR count). The average molecular weight is 333 g/mol. The van der Waals surface area contributed by atoms with E-state index in [0.717, 1.165) is 15.6 Å². The first-order valence-electron chi connectivity index (χ1n) is 6.40. The summed E-state index contributed by atoms with van der Waals surface area (Å²) in [6.45, 7) is 3.91. The van der Waals surface area contributed by atoms with Gasteiger partial charge in [0.25, 0.3) is 5.91 Å². The van der Waals surface area contributed by atoms with Crippen molar-refractivity contribution < 1.29 is 4.79 Å². The molecule has 1 atom stereocenters. The molecule has 0 aliphatic rings. The van der Waals surface area contributed by atoms with Crippen LogP contribution >= 0.6 is 15.9 Å². The van der Waals surface area contributed by atoms with Gasteiger partial charge in [-0.3, -0.25) is 4.79 Å². The molecule has 3 N–H and O–H groups in total. The van der Waals surface area contributed by atoms with Crippen molar-refractivity contribution in [3.05, 3.63) is 63.6 Å². The molecule has 0 aliphatic heterocycles. The first-order valence-corrected chi connectivity index (χ1v) is 7.19. The van der Waals surface area contributed by atoms with Crippen LogP contribution < -0.4 is 11.1 Å². The molecule has 0 fully saturated rings. The van der Waals surface area contributed by atoms with Crippen molar-refractivity contribution in [3.63, 3.8) is 0 Å². The summed E-state index contributed by atoms with van der Waals surface area (Å²) < 4.78 is 0.835. The normalized spacial score (nSPS) is 11.9. The fourth-order valence-electron chi connectivity index (χ4n) is 1.97. The molecule has 4 heteroatoms. The highest BCUT2D eigenvalue weighted by atomic mass is 79.9. The van der Waals surface area contributed by atoms with Crippen LogP contribution in [0.15, 0.2) is 46.9 Å². The number of hydrogen-bond donors (Lipinski definition) is 2. The third-order valence-corrected chi connectivity index (χ3v) is 4.27. The number of nitrogen functional groups attached to an aromatic ring is 1. The number of benzene rings is 2. The van der Waals surface area contributed by atoms with Gasteiger partial charge in [0.2, 0.25) is 0 Å². The third kappa shape index (κ3) is 3.20. The highest BCUT2D eigenvalue weighted by Gasteiger charge is 2.14. The van der Waals surface area contributed by atoms with Gasteiger partial charge in [0.15, 0.2) is 0 Å². The minimum Gasteiger partial charge on any atom is -0.399 e. The minimum atomic E-state index is -0.0927. The first-order chi connectivity index (χ1) is 9.49. The molecule has 0 saturated heterocycles. The standard InChI is InChI=1S/C16H17BrN2O/c1-10-4-3-5-14(15(10)17)16(20)19-11(2)12-6-8-13(18)9-7-12/h3-9,11H,18H2,1-2H3,(H,19,20). The van der Waals surface area contributed by atoms with Crippen molar-refractivity contribution in [3.8, 4) is 0 Å². The fraction of sp³-hybridized carbons (Fsp3) is 0.188. The van der Waals surface area contributed by atoms with E-state index < -0.39 is 0 Å². The molecule has 2 aromatic rings. The van der Waals surface area contributed by atoms with Crippen LogP contribution in [0.1, 0.15) is 34.5 Å². The maximum Gasteiger partial charge on any atom is 0.252 e. The Labute approximate surface area is 127 Å². The number of nitrogens with two attached hydrogens (primary N) is 1. The molecule has 0 aliphatic carbocycles. The van der Waals surface area contributed by atoms with Crippen LogP contribution in [-0.2, 0) is 0 Å². The van der Waals surface area contributed by atoms with Gasteiger partial charge in [-0.2, -0.15) is 0 Å². The van der Waals surface area contributed by atoms with Crippen LogP contribution in [0.4, 0.5) is 5.69 Å². The van der Waals surface area contributed by atoms with Gasteiger partial charge in [-0.05, 0) is 59.1 Å². The number of aryl methyl sites for hydroxylation is 1. The van der Waals surface area contributed by atoms with E-state index in [2.05, 4.69) is 21.2 Å². The quantitative estimate of drug-likeness (QED) is 0.839. The monoisotopic (exact) mass is 332 g/mol. The van der Waals surface area contributed by atoms with E-state index in [1.807, 2.05) is 56.3 Å². The summed E-state index contributed by atoms with van der Waals surface area (Å²) in [5.74, 6) is -0.0927. The number of carbonyl (C=O) groups is 1. The Morgan fingerprint density at radius 1 is 1.20 bits per heavy atom. The molecule has 1 unspecified atom stereocenters. The number of amides is 1. The lowest BCUT2D eigenvalue weighted by Crippen LogP contribution is -2.27. The predicted octanol–water partition coefficient (Wildman–Crippen LogP) is 3.83. The number of carbonyl (C=O) groups excluding carboxylic acids is 1. The zero-order valence-electron chi connectivity index (χ0n) is 11.5. The molecule has 104 valence electrons. The van der Waals surface area contributed by atoms with Gasteiger partial charge in [0.1, 0.15) is 0 Å². The van der Waals surface area contributed by atoms with E-state index >= 15 is 0 Å².